The number of aryl methyl sites for hydroxylation is 1. The van der Waals surface area contributed by atoms with Crippen molar-refractivity contribution < 1.29 is 39.6 Å². The number of rotatable bonds is 3. The van der Waals surface area contributed by atoms with Gasteiger partial charge >= 0.3 is 12.4 Å². The van der Waals surface area contributed by atoms with Crippen molar-refractivity contribution in [1.29, 1.82) is 0 Å². The molecule has 1 N–H and O–H groups in total. The molecule has 2 aromatic rings. The first kappa shape index (κ1) is 22.9. The van der Waals surface area contributed by atoms with Gasteiger partial charge in [0.1, 0.15) is 0 Å². The van der Waals surface area contributed by atoms with Crippen molar-refractivity contribution in [2.24, 2.45) is 0 Å². The standard InChI is InChI=1S/C19H16F6N2O3S/c1-11-3-4-15(27-5-2-6-31(27,29)30)10-16(11)26-17(28)12-7-13(18(20,21)22)9-14(8-12)19(23,24)25/h3-4,7-10H,2,5-6H2,1H3,(H,26,28). The Hall–Kier alpha value is -2.76. The van der Waals surface area contributed by atoms with Crippen molar-refractivity contribution >= 4 is 27.3 Å². The molecule has 12 heteroatoms. The summed E-state index contributed by atoms with van der Waals surface area (Å²) in [5, 5.41) is 2.28. The van der Waals surface area contributed by atoms with Crippen LogP contribution in [-0.4, -0.2) is 26.6 Å². The second-order valence-corrected chi connectivity index (χ2v) is 9.00. The molecule has 0 saturated carbocycles. The molecule has 0 radical (unpaired) electrons. The van der Waals surface area contributed by atoms with Crippen LogP contribution in [0, 0.1) is 6.92 Å². The molecule has 1 saturated heterocycles. The molecule has 0 aromatic heterocycles. The number of hydrogen-bond donors (Lipinski definition) is 1. The fourth-order valence-corrected chi connectivity index (χ4v) is 4.67. The molecule has 2 aromatic carbocycles. The van der Waals surface area contributed by atoms with Crippen LogP contribution in [0.15, 0.2) is 36.4 Å². The molecule has 5 nitrogen and oxygen atoms in total. The van der Waals surface area contributed by atoms with Gasteiger partial charge in [-0.3, -0.25) is 9.10 Å². The minimum Gasteiger partial charge on any atom is -0.322 e. The smallest absolute Gasteiger partial charge is 0.322 e. The zero-order valence-corrected chi connectivity index (χ0v) is 16.7. The summed E-state index contributed by atoms with van der Waals surface area (Å²) < 4.78 is 103. The molecule has 0 spiro atoms. The van der Waals surface area contributed by atoms with Crippen molar-refractivity contribution in [3.05, 3.63) is 58.7 Å². The van der Waals surface area contributed by atoms with E-state index < -0.39 is 45.0 Å². The Morgan fingerprint density at radius 2 is 1.55 bits per heavy atom. The summed E-state index contributed by atoms with van der Waals surface area (Å²) in [7, 11) is -3.52. The molecule has 3 rings (SSSR count). The van der Waals surface area contributed by atoms with Crippen LogP contribution in [0.25, 0.3) is 0 Å². The van der Waals surface area contributed by atoms with Crippen molar-refractivity contribution in [3.8, 4) is 0 Å². The largest absolute Gasteiger partial charge is 0.416 e. The van der Waals surface area contributed by atoms with Gasteiger partial charge in [0, 0.05) is 17.8 Å². The average Bonchev–Trinajstić information content (AvgIpc) is 3.01. The fraction of sp³-hybridized carbons (Fsp3) is 0.316. The van der Waals surface area contributed by atoms with Crippen molar-refractivity contribution in [1.82, 2.24) is 0 Å². The van der Waals surface area contributed by atoms with Gasteiger partial charge in [0.2, 0.25) is 10.0 Å². The molecule has 1 aliphatic rings. The third-order valence-electron chi connectivity index (χ3n) is 4.71. The summed E-state index contributed by atoms with van der Waals surface area (Å²) in [5.41, 5.74) is -3.31. The van der Waals surface area contributed by atoms with Gasteiger partial charge in [-0.2, -0.15) is 26.3 Å². The number of nitrogens with zero attached hydrogens (tertiary/aromatic N) is 1. The number of hydrogen-bond acceptors (Lipinski definition) is 3. The van der Waals surface area contributed by atoms with E-state index in [4.69, 9.17) is 0 Å². The Labute approximate surface area is 173 Å². The van der Waals surface area contributed by atoms with Crippen molar-refractivity contribution in [2.45, 2.75) is 25.7 Å². The van der Waals surface area contributed by atoms with Gasteiger partial charge in [-0.05, 0) is 49.2 Å². The quantitative estimate of drug-likeness (QED) is 0.660. The second-order valence-electron chi connectivity index (χ2n) is 6.99. The molecule has 31 heavy (non-hydrogen) atoms. The van der Waals surface area contributed by atoms with Crippen molar-refractivity contribution in [2.75, 3.05) is 21.9 Å². The number of anilines is 2. The van der Waals surface area contributed by atoms with Crippen LogP contribution < -0.4 is 9.62 Å². The number of benzene rings is 2. The third-order valence-corrected chi connectivity index (χ3v) is 6.58. The van der Waals surface area contributed by atoms with Gasteiger partial charge in [-0.25, -0.2) is 8.42 Å². The fourth-order valence-electron chi connectivity index (χ4n) is 3.11. The van der Waals surface area contributed by atoms with Crippen LogP contribution in [0.1, 0.15) is 33.5 Å². The molecule has 0 bridgehead atoms. The number of carbonyl (C=O) groups is 1. The highest BCUT2D eigenvalue weighted by atomic mass is 32.2. The van der Waals surface area contributed by atoms with E-state index in [1.165, 1.54) is 18.2 Å². The first-order chi connectivity index (χ1) is 14.2. The number of carbonyl (C=O) groups excluding carboxylic acids is 1. The highest BCUT2D eigenvalue weighted by Crippen LogP contribution is 2.36. The van der Waals surface area contributed by atoms with Gasteiger partial charge in [0.25, 0.3) is 5.91 Å². The number of halogens is 6. The highest BCUT2D eigenvalue weighted by molar-refractivity contribution is 7.93. The SMILES string of the molecule is Cc1ccc(N2CCCS2(=O)=O)cc1NC(=O)c1cc(C(F)(F)F)cc(C(F)(F)F)c1. The zero-order chi connectivity index (χ0) is 23.2. The van der Waals surface area contributed by atoms with E-state index >= 15 is 0 Å². The van der Waals surface area contributed by atoms with Crippen molar-refractivity contribution in [3.63, 3.8) is 0 Å². The molecule has 1 fully saturated rings. The monoisotopic (exact) mass is 466 g/mol. The lowest BCUT2D eigenvalue weighted by molar-refractivity contribution is -0.143. The molecule has 0 atom stereocenters. The van der Waals surface area contributed by atoms with Crippen LogP contribution in [0.3, 0.4) is 0 Å². The van der Waals surface area contributed by atoms with E-state index in [0.717, 1.165) is 4.31 Å². The Morgan fingerprint density at radius 1 is 0.968 bits per heavy atom. The van der Waals surface area contributed by atoms with Crippen LogP contribution in [0.4, 0.5) is 37.7 Å². The van der Waals surface area contributed by atoms with Gasteiger partial charge < -0.3 is 5.32 Å². The summed E-state index contributed by atoms with van der Waals surface area (Å²) in [5.74, 6) is -1.24. The third kappa shape index (κ3) is 4.94. The molecule has 0 aliphatic carbocycles. The normalized spacial score (nSPS) is 16.4. The number of nitrogens with one attached hydrogen (secondary N) is 1. The minimum atomic E-state index is -5.09. The average molecular weight is 466 g/mol. The summed E-state index contributed by atoms with van der Waals surface area (Å²) in [6, 6.07) is 4.89. The van der Waals surface area contributed by atoms with Crippen LogP contribution in [-0.2, 0) is 22.4 Å². The molecular formula is C19H16F6N2O3S. The molecular weight excluding hydrogens is 450 g/mol. The van der Waals surface area contributed by atoms with E-state index in [0.29, 0.717) is 24.1 Å². The summed E-state index contributed by atoms with van der Waals surface area (Å²) >= 11 is 0. The summed E-state index contributed by atoms with van der Waals surface area (Å²) in [6.45, 7) is 1.77. The first-order valence-corrected chi connectivity index (χ1v) is 10.5. The Kier molecular flexibility index (Phi) is 5.72. The highest BCUT2D eigenvalue weighted by Gasteiger charge is 2.37. The van der Waals surface area contributed by atoms with Crippen LogP contribution in [0.5, 0.6) is 0 Å². The Balaban J connectivity index is 1.97. The molecule has 0 unspecified atom stereocenters. The predicted octanol–water partition coefficient (Wildman–Crippen LogP) is 4.82. The second kappa shape index (κ2) is 7.74. The molecule has 1 aliphatic heterocycles. The van der Waals surface area contributed by atoms with Crippen LogP contribution in [0.2, 0.25) is 0 Å². The maximum Gasteiger partial charge on any atom is 0.416 e. The van der Waals surface area contributed by atoms with E-state index in [9.17, 15) is 39.6 Å². The molecule has 1 amide bonds. The van der Waals surface area contributed by atoms with E-state index in [1.54, 1.807) is 6.92 Å². The van der Waals surface area contributed by atoms with Gasteiger partial charge in [0.15, 0.2) is 0 Å². The van der Waals surface area contributed by atoms with Crippen LogP contribution >= 0.6 is 0 Å². The molecule has 1 heterocycles. The Bertz CT molecular complexity index is 1090. The topological polar surface area (TPSA) is 66.5 Å². The number of amides is 1. The maximum absolute atomic E-state index is 13.0. The first-order valence-electron chi connectivity index (χ1n) is 8.90. The summed E-state index contributed by atoms with van der Waals surface area (Å²) in [6.07, 6.45) is -9.77. The minimum absolute atomic E-state index is 0.0486. The number of alkyl halides is 6. The Morgan fingerprint density at radius 3 is 2.03 bits per heavy atom. The van der Waals surface area contributed by atoms with Gasteiger partial charge in [-0.1, -0.05) is 6.07 Å². The lowest BCUT2D eigenvalue weighted by Gasteiger charge is -2.19. The predicted molar refractivity (Wildman–Crippen MR) is 101 cm³/mol. The van der Waals surface area contributed by atoms with E-state index in [-0.39, 0.29) is 29.7 Å². The lowest BCUT2D eigenvalue weighted by Crippen LogP contribution is -2.25. The molecule has 168 valence electrons. The maximum atomic E-state index is 13.0. The zero-order valence-electron chi connectivity index (χ0n) is 15.9. The van der Waals surface area contributed by atoms with Gasteiger partial charge in [-0.15, -0.1) is 0 Å². The van der Waals surface area contributed by atoms with E-state index in [2.05, 4.69) is 5.32 Å². The summed E-state index contributed by atoms with van der Waals surface area (Å²) in [4.78, 5) is 12.5. The lowest BCUT2D eigenvalue weighted by atomic mass is 10.0. The van der Waals surface area contributed by atoms with E-state index in [1.807, 2.05) is 0 Å². The number of sulfonamides is 1. The van der Waals surface area contributed by atoms with Gasteiger partial charge in [0.05, 0.1) is 22.6 Å².